The van der Waals surface area contributed by atoms with Crippen molar-refractivity contribution in [3.05, 3.63) is 0 Å². The first-order chi connectivity index (χ1) is 9.20. The molecule has 2 aliphatic heterocycles. The zero-order valence-electron chi connectivity index (χ0n) is 13.6. The number of rotatable bonds is 0. The molecule has 0 unspecified atom stereocenters. The van der Waals surface area contributed by atoms with Crippen molar-refractivity contribution < 1.29 is 91.3 Å². The van der Waals surface area contributed by atoms with Gasteiger partial charge in [-0.2, -0.15) is 0 Å². The fourth-order valence-electron chi connectivity index (χ4n) is 1.80. The maximum Gasteiger partial charge on any atom is 0.243 e. The molecule has 2 rings (SSSR count). The summed E-state index contributed by atoms with van der Waals surface area (Å²) in [7, 11) is 0. The van der Waals surface area contributed by atoms with Crippen molar-refractivity contribution in [3.63, 3.8) is 0 Å². The fraction of sp³-hybridized carbons (Fsp3) is 0.846. The Labute approximate surface area is 205 Å². The molecule has 0 fully saturated rings. The van der Waals surface area contributed by atoms with Crippen LogP contribution in [-0.2, 0) is 26.5 Å². The van der Waals surface area contributed by atoms with Crippen molar-refractivity contribution in [1.82, 2.24) is 0 Å². The van der Waals surface area contributed by atoms with Crippen molar-refractivity contribution in [3.8, 4) is 0 Å². The Kier molecular flexibility index (Phi) is 66.8. The van der Waals surface area contributed by atoms with Crippen molar-refractivity contribution in [2.75, 3.05) is 18.4 Å². The third-order valence-electron chi connectivity index (χ3n) is 2.79. The van der Waals surface area contributed by atoms with Gasteiger partial charge < -0.3 is 60.2 Å². The number of hydrogen-bond donors (Lipinski definition) is 2. The van der Waals surface area contributed by atoms with Gasteiger partial charge in [-0.05, 0) is 37.3 Å². The average molecular weight is 584 g/mol. The third kappa shape index (κ3) is 37.3. The van der Waals surface area contributed by atoms with Crippen LogP contribution in [0.4, 0.5) is 0 Å². The van der Waals surface area contributed by atoms with Crippen LogP contribution in [0.15, 0.2) is 0 Å². The van der Waals surface area contributed by atoms with E-state index in [1.807, 2.05) is 0 Å². The topological polar surface area (TPSA) is 79.5 Å². The van der Waals surface area contributed by atoms with Crippen LogP contribution in [0.5, 0.6) is 0 Å². The Balaban J connectivity index is -0.0000000372. The Morgan fingerprint density at radius 3 is 1.64 bits per heavy atom. The largest absolute Gasteiger partial charge is 2.00 e. The number of hydrogen-bond acceptors (Lipinski definition) is 1. The van der Waals surface area contributed by atoms with Gasteiger partial charge in [0.15, 0.2) is 0 Å². The van der Waals surface area contributed by atoms with Crippen LogP contribution in [0.3, 0.4) is 0 Å². The zero-order chi connectivity index (χ0) is 14.3. The van der Waals surface area contributed by atoms with Gasteiger partial charge in [0.1, 0.15) is 19.0 Å². The van der Waals surface area contributed by atoms with Gasteiger partial charge in [-0.1, -0.05) is 0 Å². The van der Waals surface area contributed by atoms with E-state index in [4.69, 9.17) is 34.8 Å². The van der Waals surface area contributed by atoms with Gasteiger partial charge in [-0.3, -0.25) is 4.99 Å². The first-order valence-electron chi connectivity index (χ1n) is 6.84. The molecule has 4 nitrogen and oxygen atoms in total. The Hall–Kier alpha value is 1.82. The standard InChI is InChI=1S/C6H10ClN.C6H11NO.CH2Cl2.4ClH.Mo.O/c7-6-4-2-1-3-5-8-6;8-6-4-2-1-3-5-7-6;2-1-3;;;;;;/h1-5H2;1-5H2,(H,7,8);1H2;4*1H;;/q;;;;;;;;-2/p-3. The predicted octanol–water partition coefficient (Wildman–Crippen LogP) is -12.0. The zero-order valence-corrected chi connectivity index (χ0v) is 20.9. The molecule has 2 heterocycles. The Morgan fingerprint density at radius 2 is 1.16 bits per heavy atom. The van der Waals surface area contributed by atoms with Gasteiger partial charge in [-0.15, -0.1) is 23.2 Å². The summed E-state index contributed by atoms with van der Waals surface area (Å²) in [4.78, 5) is 5.93. The van der Waals surface area contributed by atoms with Crippen LogP contribution >= 0.6 is 34.8 Å². The molecule has 0 aliphatic carbocycles. The van der Waals surface area contributed by atoms with Crippen LogP contribution in [0.2, 0.25) is 0 Å². The van der Waals surface area contributed by atoms with Crippen LogP contribution in [0.25, 0.3) is 0 Å². The number of alkyl halides is 2. The molecule has 0 aromatic carbocycles. The summed E-state index contributed by atoms with van der Waals surface area (Å²) in [6.45, 7) is 1.96. The molecule has 2 N–H and O–H groups in total. The maximum absolute atomic E-state index is 10.6. The molecule has 0 bridgehead atoms. The van der Waals surface area contributed by atoms with E-state index in [0.717, 1.165) is 43.9 Å². The van der Waals surface area contributed by atoms with Crippen LogP contribution in [0.1, 0.15) is 51.4 Å². The van der Waals surface area contributed by atoms with E-state index in [0.29, 0.717) is 0 Å². The second-order valence-corrected chi connectivity index (χ2v) is 5.67. The first kappa shape index (κ1) is 45.5. The smallest absolute Gasteiger partial charge is 0.243 e. The maximum atomic E-state index is 10.6. The van der Waals surface area contributed by atoms with Crippen molar-refractivity contribution in [2.45, 2.75) is 51.4 Å². The molecule has 0 atom stereocenters. The van der Waals surface area contributed by atoms with E-state index in [1.54, 1.807) is 0 Å². The molecule has 0 amide bonds. The van der Waals surface area contributed by atoms with Crippen LogP contribution in [-0.4, -0.2) is 29.5 Å². The number of nitrogens with one attached hydrogen (secondary N) is 2. The summed E-state index contributed by atoms with van der Waals surface area (Å²) in [6, 6.07) is 0. The minimum atomic E-state index is 0. The normalized spacial score (nSPS) is 14.7. The van der Waals surface area contributed by atoms with Crippen molar-refractivity contribution >= 4 is 45.9 Å². The summed E-state index contributed by atoms with van der Waals surface area (Å²) >= 11 is 15.3. The molecule has 12 heteroatoms. The van der Waals surface area contributed by atoms with E-state index in [9.17, 15) is 5.11 Å². The van der Waals surface area contributed by atoms with Crippen molar-refractivity contribution in [2.24, 2.45) is 0 Å². The molecule has 0 spiro atoms. The summed E-state index contributed by atoms with van der Waals surface area (Å²) in [5, 5.41) is 11.7. The Morgan fingerprint density at radius 1 is 0.760 bits per heavy atom. The quantitative estimate of drug-likeness (QED) is 0.216. The van der Waals surface area contributed by atoms with Crippen LogP contribution in [0, 0.1) is 0 Å². The molecule has 0 radical (unpaired) electrons. The molecular formula is C13H24Cl7MoN2O2-5. The van der Waals surface area contributed by atoms with Gasteiger partial charge in [0.2, 0.25) is 5.17 Å². The third-order valence-corrected chi connectivity index (χ3v) is 3.12. The Bertz CT molecular complexity index is 263. The second kappa shape index (κ2) is 36.7. The predicted molar refractivity (Wildman–Crippen MR) is 81.7 cm³/mol. The molecule has 0 aromatic heterocycles. The van der Waals surface area contributed by atoms with Gasteiger partial charge >= 0.3 is 0 Å². The second-order valence-electron chi connectivity index (χ2n) is 4.40. The van der Waals surface area contributed by atoms with Gasteiger partial charge in [0, 0.05) is 46.7 Å². The summed E-state index contributed by atoms with van der Waals surface area (Å²) in [6.07, 6.45) is 9.09. The van der Waals surface area contributed by atoms with Gasteiger partial charge in [-0.25, -0.2) is 4.99 Å². The summed E-state index contributed by atoms with van der Waals surface area (Å²) in [5.41, 5.74) is 0. The minimum absolute atomic E-state index is 0. The molecule has 0 aromatic rings. The molecule has 0 saturated heterocycles. The molecule has 2 aliphatic rings. The minimum Gasteiger partial charge on any atom is -2.00 e. The molecular weight excluding hydrogens is 560 g/mol. The van der Waals surface area contributed by atoms with E-state index in [-0.39, 0.29) is 87.4 Å². The first-order valence-corrected chi connectivity index (χ1v) is 8.29. The SMILES string of the molecule is ClC1=[NH+]CCCCC1.ClCCl.[Cl-].[Cl-].[Cl-].[Cl-].[Mo].[O-2].[O-]C1=[NH+]CCCCC1. The molecule has 25 heavy (non-hydrogen) atoms. The van der Waals surface area contributed by atoms with Crippen LogP contribution < -0.4 is 64.7 Å². The van der Waals surface area contributed by atoms with E-state index >= 15 is 0 Å². The summed E-state index contributed by atoms with van der Waals surface area (Å²) < 4.78 is 0. The van der Waals surface area contributed by atoms with Gasteiger partial charge in [0.05, 0.1) is 5.34 Å². The van der Waals surface area contributed by atoms with E-state index in [1.165, 1.54) is 25.7 Å². The monoisotopic (exact) mass is 583 g/mol. The van der Waals surface area contributed by atoms with E-state index < -0.39 is 0 Å². The average Bonchev–Trinajstić information content (AvgIpc) is 2.75. The molecule has 158 valence electrons. The van der Waals surface area contributed by atoms with E-state index in [2.05, 4.69) is 9.98 Å². The van der Waals surface area contributed by atoms with Crippen molar-refractivity contribution in [1.29, 1.82) is 0 Å². The molecule has 0 saturated carbocycles. The summed E-state index contributed by atoms with van der Waals surface area (Å²) in [5.74, 6) is 0.225. The number of halogens is 7. The fourth-order valence-corrected chi connectivity index (χ4v) is 2.03. The van der Waals surface area contributed by atoms with Gasteiger partial charge in [0.25, 0.3) is 0 Å².